The Morgan fingerprint density at radius 3 is 2.21 bits per heavy atom. The predicted molar refractivity (Wildman–Crippen MR) is 113 cm³/mol. The van der Waals surface area contributed by atoms with Crippen LogP contribution in [0, 0.1) is 6.92 Å². The Morgan fingerprint density at radius 2 is 1.52 bits per heavy atom. The summed E-state index contributed by atoms with van der Waals surface area (Å²) in [6.45, 7) is 1.98. The predicted octanol–water partition coefficient (Wildman–Crippen LogP) is 4.69. The number of pyridine rings is 1. The van der Waals surface area contributed by atoms with Gasteiger partial charge in [-0.1, -0.05) is 12.1 Å². The largest absolute Gasteiger partial charge is 0.497 e. The lowest BCUT2D eigenvalue weighted by Gasteiger charge is -2.13. The van der Waals surface area contributed by atoms with Crippen LogP contribution in [0.5, 0.6) is 17.4 Å². The van der Waals surface area contributed by atoms with Gasteiger partial charge in [-0.05, 0) is 48.4 Å². The molecule has 0 atom stereocenters. The molecule has 146 valence electrons. The molecule has 0 aliphatic carbocycles. The van der Waals surface area contributed by atoms with Crippen molar-refractivity contribution in [2.24, 2.45) is 0 Å². The molecule has 0 fully saturated rings. The third-order valence-corrected chi connectivity index (χ3v) is 4.90. The van der Waals surface area contributed by atoms with E-state index in [1.807, 2.05) is 37.3 Å². The Kier molecular flexibility index (Phi) is 4.99. The minimum atomic E-state index is 0.451. The monoisotopic (exact) mass is 387 g/mol. The van der Waals surface area contributed by atoms with Crippen LogP contribution in [-0.4, -0.2) is 36.3 Å². The maximum absolute atomic E-state index is 5.42. The first-order chi connectivity index (χ1) is 14.1. The van der Waals surface area contributed by atoms with Gasteiger partial charge in [0.25, 0.3) is 5.88 Å². The van der Waals surface area contributed by atoms with Crippen LogP contribution in [0.25, 0.3) is 33.2 Å². The average molecular weight is 387 g/mol. The smallest absolute Gasteiger partial charge is 0.256 e. The van der Waals surface area contributed by atoms with Crippen LogP contribution in [0.1, 0.15) is 5.69 Å². The summed E-state index contributed by atoms with van der Waals surface area (Å²) in [5, 5.41) is 0.991. The molecule has 2 aromatic carbocycles. The molecule has 2 heterocycles. The number of rotatable bonds is 5. The third-order valence-electron chi connectivity index (χ3n) is 4.90. The van der Waals surface area contributed by atoms with Crippen molar-refractivity contribution in [2.75, 3.05) is 21.3 Å². The van der Waals surface area contributed by atoms with Crippen LogP contribution >= 0.6 is 0 Å². The van der Waals surface area contributed by atoms with Gasteiger partial charge in [0.15, 0.2) is 5.75 Å². The van der Waals surface area contributed by atoms with E-state index in [1.165, 1.54) is 0 Å². The summed E-state index contributed by atoms with van der Waals surface area (Å²) in [6, 6.07) is 14.1. The summed E-state index contributed by atoms with van der Waals surface area (Å²) in [4.78, 5) is 13.3. The molecule has 0 saturated heterocycles. The molecular weight excluding hydrogens is 366 g/mol. The van der Waals surface area contributed by atoms with Crippen LogP contribution in [0.2, 0.25) is 0 Å². The van der Waals surface area contributed by atoms with E-state index in [9.17, 15) is 0 Å². The van der Waals surface area contributed by atoms with Gasteiger partial charge in [0.2, 0.25) is 0 Å². The standard InChI is InChI=1S/C23H21N3O3/c1-14-19-9-16(17-11-21(28-3)23(29-4)24-12-17)10-20(22(19)26-13-25-14)15-5-7-18(27-2)8-6-15/h5-13H,1-4H3. The second kappa shape index (κ2) is 7.75. The van der Waals surface area contributed by atoms with E-state index in [1.54, 1.807) is 33.9 Å². The van der Waals surface area contributed by atoms with Gasteiger partial charge >= 0.3 is 0 Å². The molecule has 0 N–H and O–H groups in total. The third kappa shape index (κ3) is 3.45. The summed E-state index contributed by atoms with van der Waals surface area (Å²) in [5.41, 5.74) is 5.79. The molecule has 4 aromatic rings. The molecule has 0 aliphatic rings. The summed E-state index contributed by atoms with van der Waals surface area (Å²) in [5.74, 6) is 1.84. The number of hydrogen-bond donors (Lipinski definition) is 0. The highest BCUT2D eigenvalue weighted by Crippen LogP contribution is 2.36. The lowest BCUT2D eigenvalue weighted by molar-refractivity contribution is 0.343. The zero-order valence-electron chi connectivity index (χ0n) is 16.8. The van der Waals surface area contributed by atoms with Crippen molar-refractivity contribution in [3.8, 4) is 39.6 Å². The first-order valence-corrected chi connectivity index (χ1v) is 9.12. The minimum Gasteiger partial charge on any atom is -0.497 e. The number of aromatic nitrogens is 3. The highest BCUT2D eigenvalue weighted by Gasteiger charge is 2.14. The molecule has 0 unspecified atom stereocenters. The number of nitrogens with zero attached hydrogens (tertiary/aromatic N) is 3. The first kappa shape index (κ1) is 18.7. The summed E-state index contributed by atoms with van der Waals surface area (Å²) < 4.78 is 16.0. The highest BCUT2D eigenvalue weighted by atomic mass is 16.5. The second-order valence-electron chi connectivity index (χ2n) is 6.54. The fraction of sp³-hybridized carbons (Fsp3) is 0.174. The van der Waals surface area contributed by atoms with E-state index in [4.69, 9.17) is 14.2 Å². The molecule has 2 aromatic heterocycles. The molecule has 0 bridgehead atoms. The quantitative estimate of drug-likeness (QED) is 0.495. The van der Waals surface area contributed by atoms with Gasteiger partial charge < -0.3 is 14.2 Å². The van der Waals surface area contributed by atoms with Crippen molar-refractivity contribution < 1.29 is 14.2 Å². The van der Waals surface area contributed by atoms with Crippen molar-refractivity contribution in [1.29, 1.82) is 0 Å². The highest BCUT2D eigenvalue weighted by molar-refractivity contribution is 5.98. The zero-order chi connectivity index (χ0) is 20.4. The van der Waals surface area contributed by atoms with E-state index in [0.717, 1.165) is 44.6 Å². The van der Waals surface area contributed by atoms with Gasteiger partial charge in [-0.15, -0.1) is 0 Å². The zero-order valence-corrected chi connectivity index (χ0v) is 16.8. The molecule has 0 spiro atoms. The number of benzene rings is 2. The Balaban J connectivity index is 1.95. The Bertz CT molecular complexity index is 1170. The molecule has 0 amide bonds. The van der Waals surface area contributed by atoms with Gasteiger partial charge in [0.1, 0.15) is 12.1 Å². The molecule has 29 heavy (non-hydrogen) atoms. The van der Waals surface area contributed by atoms with Gasteiger partial charge in [0.05, 0.1) is 26.8 Å². The van der Waals surface area contributed by atoms with Crippen LogP contribution in [-0.2, 0) is 0 Å². The number of hydrogen-bond acceptors (Lipinski definition) is 6. The van der Waals surface area contributed by atoms with Crippen molar-refractivity contribution in [3.63, 3.8) is 0 Å². The first-order valence-electron chi connectivity index (χ1n) is 9.12. The molecule has 6 nitrogen and oxygen atoms in total. The normalized spacial score (nSPS) is 10.8. The number of aryl methyl sites for hydroxylation is 1. The van der Waals surface area contributed by atoms with Crippen molar-refractivity contribution in [3.05, 3.63) is 60.7 Å². The average Bonchev–Trinajstić information content (AvgIpc) is 2.78. The van der Waals surface area contributed by atoms with Crippen molar-refractivity contribution >= 4 is 10.9 Å². The van der Waals surface area contributed by atoms with Gasteiger partial charge in [-0.3, -0.25) is 0 Å². The molecular formula is C23H21N3O3. The fourth-order valence-corrected chi connectivity index (χ4v) is 3.34. The minimum absolute atomic E-state index is 0.451. The molecule has 4 rings (SSSR count). The van der Waals surface area contributed by atoms with Crippen LogP contribution in [0.4, 0.5) is 0 Å². The Hall–Kier alpha value is -3.67. The SMILES string of the molecule is COc1ccc(-c2cc(-c3cnc(OC)c(OC)c3)cc3c(C)ncnc23)cc1. The topological polar surface area (TPSA) is 66.4 Å². The van der Waals surface area contributed by atoms with E-state index in [0.29, 0.717) is 11.6 Å². The lowest BCUT2D eigenvalue weighted by Crippen LogP contribution is -1.95. The Morgan fingerprint density at radius 1 is 0.724 bits per heavy atom. The Labute approximate surface area is 169 Å². The number of methoxy groups -OCH3 is 3. The van der Waals surface area contributed by atoms with E-state index in [-0.39, 0.29) is 0 Å². The number of fused-ring (bicyclic) bond motifs is 1. The summed E-state index contributed by atoms with van der Waals surface area (Å²) >= 11 is 0. The molecule has 6 heteroatoms. The van der Waals surface area contributed by atoms with Crippen LogP contribution < -0.4 is 14.2 Å². The lowest BCUT2D eigenvalue weighted by atomic mass is 9.95. The maximum atomic E-state index is 5.42. The summed E-state index contributed by atoms with van der Waals surface area (Å²) in [6.07, 6.45) is 3.38. The number of ether oxygens (including phenoxy) is 3. The molecule has 0 saturated carbocycles. The maximum Gasteiger partial charge on any atom is 0.256 e. The van der Waals surface area contributed by atoms with E-state index < -0.39 is 0 Å². The van der Waals surface area contributed by atoms with E-state index >= 15 is 0 Å². The van der Waals surface area contributed by atoms with Gasteiger partial charge in [-0.25, -0.2) is 15.0 Å². The van der Waals surface area contributed by atoms with Gasteiger partial charge in [-0.2, -0.15) is 0 Å². The second-order valence-corrected chi connectivity index (χ2v) is 6.54. The molecule has 0 radical (unpaired) electrons. The fourth-order valence-electron chi connectivity index (χ4n) is 3.34. The van der Waals surface area contributed by atoms with Gasteiger partial charge in [0, 0.05) is 28.4 Å². The summed E-state index contributed by atoms with van der Waals surface area (Å²) in [7, 11) is 4.83. The van der Waals surface area contributed by atoms with Crippen molar-refractivity contribution in [1.82, 2.24) is 15.0 Å². The van der Waals surface area contributed by atoms with Crippen LogP contribution in [0.3, 0.4) is 0 Å². The van der Waals surface area contributed by atoms with E-state index in [2.05, 4.69) is 27.1 Å². The van der Waals surface area contributed by atoms with Crippen molar-refractivity contribution in [2.45, 2.75) is 6.92 Å². The molecule has 0 aliphatic heterocycles. The van der Waals surface area contributed by atoms with Crippen LogP contribution in [0.15, 0.2) is 55.0 Å².